The number of hydrogen-bond donors (Lipinski definition) is 0. The maximum Gasteiger partial charge on any atom is 0.269 e. The summed E-state index contributed by atoms with van der Waals surface area (Å²) in [5.74, 6) is 0. The average molecular weight is 624 g/mol. The van der Waals surface area contributed by atoms with Crippen LogP contribution in [-0.4, -0.2) is 12.0 Å². The molecular weight excluding hydrogens is 590 g/mol. The summed E-state index contributed by atoms with van der Waals surface area (Å²) in [5.41, 5.74) is 12.1. The molecule has 0 unspecified atom stereocenters. The highest BCUT2D eigenvalue weighted by Gasteiger charge is 2.15. The highest BCUT2D eigenvalue weighted by molar-refractivity contribution is 5.83. The lowest BCUT2D eigenvalue weighted by Gasteiger charge is -2.27. The number of nitro groups is 1. The Bertz CT molecular complexity index is 2060. The molecule has 0 saturated carbocycles. The summed E-state index contributed by atoms with van der Waals surface area (Å²) < 4.78 is 0. The molecule has 7 aromatic rings. The Hall–Kier alpha value is -6.46. The van der Waals surface area contributed by atoms with Gasteiger partial charge in [0.15, 0.2) is 0 Å². The highest BCUT2D eigenvalue weighted by Crippen LogP contribution is 2.39. The zero-order valence-corrected chi connectivity index (χ0v) is 26.5. The van der Waals surface area contributed by atoms with Gasteiger partial charge < -0.3 is 9.80 Å². The molecule has 0 saturated heterocycles. The molecule has 5 heteroatoms. The predicted molar refractivity (Wildman–Crippen MR) is 199 cm³/mol. The average Bonchev–Trinajstić information content (AvgIpc) is 3.16. The van der Waals surface area contributed by atoms with E-state index in [1.165, 1.54) is 23.3 Å². The lowest BCUT2D eigenvalue weighted by Crippen LogP contribution is -2.10. The van der Waals surface area contributed by atoms with Crippen LogP contribution in [0.5, 0.6) is 0 Å². The minimum absolute atomic E-state index is 0.0808. The summed E-state index contributed by atoms with van der Waals surface area (Å²) in [6.45, 7) is 0. The van der Waals surface area contributed by atoms with Gasteiger partial charge in [0.2, 0.25) is 0 Å². The number of anilines is 5. The predicted octanol–water partition coefficient (Wildman–Crippen LogP) is 11.8. The van der Waals surface area contributed by atoms with Gasteiger partial charge in [0.25, 0.3) is 5.69 Å². The van der Waals surface area contributed by atoms with E-state index in [0.29, 0.717) is 0 Å². The molecule has 0 bridgehead atoms. The second-order valence-corrected chi connectivity index (χ2v) is 11.6. The van der Waals surface area contributed by atoms with Crippen LogP contribution in [0.4, 0.5) is 34.1 Å². The monoisotopic (exact) mass is 623 g/mol. The Labute approximate surface area is 280 Å². The van der Waals surface area contributed by atoms with Gasteiger partial charge in [-0.05, 0) is 94.0 Å². The van der Waals surface area contributed by atoms with Crippen molar-refractivity contribution in [3.8, 4) is 33.4 Å². The molecule has 0 spiro atoms. The molecule has 7 rings (SSSR count). The van der Waals surface area contributed by atoms with Crippen molar-refractivity contribution in [2.24, 2.45) is 0 Å². The van der Waals surface area contributed by atoms with E-state index in [9.17, 15) is 10.1 Å². The second-order valence-electron chi connectivity index (χ2n) is 11.6. The first-order valence-corrected chi connectivity index (χ1v) is 15.8. The molecular formula is C43H33N3O2. The van der Waals surface area contributed by atoms with E-state index < -0.39 is 0 Å². The molecule has 0 radical (unpaired) electrons. The van der Waals surface area contributed by atoms with Crippen LogP contribution in [0, 0.1) is 10.1 Å². The molecule has 0 fully saturated rings. The lowest BCUT2D eigenvalue weighted by atomic mass is 10.0. The first-order valence-electron chi connectivity index (χ1n) is 15.8. The van der Waals surface area contributed by atoms with Crippen molar-refractivity contribution < 1.29 is 4.92 Å². The van der Waals surface area contributed by atoms with Crippen LogP contribution in [0.15, 0.2) is 182 Å². The van der Waals surface area contributed by atoms with Gasteiger partial charge in [-0.3, -0.25) is 10.1 Å². The minimum Gasteiger partial charge on any atom is -0.345 e. The van der Waals surface area contributed by atoms with Gasteiger partial charge in [0.05, 0.1) is 4.92 Å². The largest absolute Gasteiger partial charge is 0.345 e. The molecule has 232 valence electrons. The quantitative estimate of drug-likeness (QED) is 0.119. The van der Waals surface area contributed by atoms with Gasteiger partial charge in [-0.15, -0.1) is 0 Å². The second kappa shape index (κ2) is 13.5. The van der Waals surface area contributed by atoms with Gasteiger partial charge in [-0.1, -0.05) is 109 Å². The number of rotatable bonds is 9. The topological polar surface area (TPSA) is 49.6 Å². The smallest absolute Gasteiger partial charge is 0.269 e. The van der Waals surface area contributed by atoms with E-state index in [-0.39, 0.29) is 10.6 Å². The molecule has 0 heterocycles. The molecule has 0 aliphatic heterocycles. The van der Waals surface area contributed by atoms with Crippen molar-refractivity contribution in [2.45, 2.75) is 0 Å². The summed E-state index contributed by atoms with van der Waals surface area (Å²) in [6.07, 6.45) is 0. The molecule has 0 atom stereocenters. The van der Waals surface area contributed by atoms with Crippen LogP contribution in [0.25, 0.3) is 33.4 Å². The van der Waals surface area contributed by atoms with Crippen molar-refractivity contribution in [1.29, 1.82) is 0 Å². The molecule has 5 nitrogen and oxygen atoms in total. The summed E-state index contributed by atoms with van der Waals surface area (Å²) in [4.78, 5) is 15.0. The Morgan fingerprint density at radius 2 is 0.771 bits per heavy atom. The maximum absolute atomic E-state index is 11.1. The fourth-order valence-electron chi connectivity index (χ4n) is 5.99. The molecule has 0 amide bonds. The van der Waals surface area contributed by atoms with Crippen molar-refractivity contribution in [1.82, 2.24) is 0 Å². The number of non-ortho nitro benzene ring substituents is 1. The third kappa shape index (κ3) is 6.43. The van der Waals surface area contributed by atoms with Crippen molar-refractivity contribution in [2.75, 3.05) is 16.8 Å². The maximum atomic E-state index is 11.1. The normalized spacial score (nSPS) is 10.8. The summed E-state index contributed by atoms with van der Waals surface area (Å²) in [7, 11) is 1.96. The van der Waals surface area contributed by atoms with E-state index in [2.05, 4.69) is 150 Å². The Balaban J connectivity index is 1.21. The van der Waals surface area contributed by atoms with Crippen LogP contribution in [0.2, 0.25) is 0 Å². The van der Waals surface area contributed by atoms with Crippen molar-refractivity contribution >= 4 is 34.1 Å². The van der Waals surface area contributed by atoms with Gasteiger partial charge >= 0.3 is 0 Å². The van der Waals surface area contributed by atoms with Crippen LogP contribution in [-0.2, 0) is 0 Å². The Morgan fingerprint density at radius 3 is 1.21 bits per heavy atom. The zero-order chi connectivity index (χ0) is 32.9. The van der Waals surface area contributed by atoms with Crippen LogP contribution in [0.3, 0.4) is 0 Å². The standard InChI is InChI=1S/C43H33N3O2/c1-44(39-26-28-41(29-27-39)46(47)48)38-22-18-34(19-23-38)35-20-24-40(25-21-35)45(42-16-8-14-36(30-42)32-10-4-2-5-11-32)43-17-9-15-37(31-43)33-12-6-3-7-13-33/h2-31H,1H3. The van der Waals surface area contributed by atoms with Crippen LogP contribution in [0.1, 0.15) is 0 Å². The fourth-order valence-corrected chi connectivity index (χ4v) is 5.99. The van der Waals surface area contributed by atoms with E-state index >= 15 is 0 Å². The van der Waals surface area contributed by atoms with E-state index in [4.69, 9.17) is 0 Å². The summed E-state index contributed by atoms with van der Waals surface area (Å²) >= 11 is 0. The van der Waals surface area contributed by atoms with Gasteiger partial charge in [0.1, 0.15) is 0 Å². The van der Waals surface area contributed by atoms with Gasteiger partial charge in [-0.25, -0.2) is 0 Å². The molecule has 0 N–H and O–H groups in total. The first kappa shape index (κ1) is 30.2. The molecule has 0 aliphatic rings. The van der Waals surface area contributed by atoms with E-state index in [1.54, 1.807) is 12.1 Å². The Morgan fingerprint density at radius 1 is 0.396 bits per heavy atom. The minimum atomic E-state index is -0.382. The SMILES string of the molecule is CN(c1ccc(-c2ccc(N(c3cccc(-c4ccccc4)c3)c3cccc(-c4ccccc4)c3)cc2)cc1)c1ccc([N+](=O)[O-])cc1. The third-order valence-corrected chi connectivity index (χ3v) is 8.58. The lowest BCUT2D eigenvalue weighted by molar-refractivity contribution is -0.384. The van der Waals surface area contributed by atoms with E-state index in [0.717, 1.165) is 50.7 Å². The van der Waals surface area contributed by atoms with Gasteiger partial charge in [0, 0.05) is 47.6 Å². The molecule has 0 aromatic heterocycles. The first-order chi connectivity index (χ1) is 23.5. The van der Waals surface area contributed by atoms with Crippen molar-refractivity contribution in [3.05, 3.63) is 192 Å². The number of nitro benzene ring substituents is 1. The molecule has 7 aromatic carbocycles. The number of hydrogen-bond acceptors (Lipinski definition) is 4. The number of benzene rings is 7. The zero-order valence-electron chi connectivity index (χ0n) is 26.5. The van der Waals surface area contributed by atoms with Gasteiger partial charge in [-0.2, -0.15) is 0 Å². The number of nitrogens with zero attached hydrogens (tertiary/aromatic N) is 3. The van der Waals surface area contributed by atoms with Crippen LogP contribution < -0.4 is 9.80 Å². The summed E-state index contributed by atoms with van der Waals surface area (Å²) in [6, 6.07) is 61.9. The van der Waals surface area contributed by atoms with Crippen LogP contribution >= 0.6 is 0 Å². The van der Waals surface area contributed by atoms with Crippen molar-refractivity contribution in [3.63, 3.8) is 0 Å². The highest BCUT2D eigenvalue weighted by atomic mass is 16.6. The molecule has 0 aliphatic carbocycles. The summed E-state index contributed by atoms with van der Waals surface area (Å²) in [5, 5.41) is 11.1. The molecule has 48 heavy (non-hydrogen) atoms. The van der Waals surface area contributed by atoms with E-state index in [1.807, 2.05) is 24.1 Å². The Kier molecular flexibility index (Phi) is 8.49. The fraction of sp³-hybridized carbons (Fsp3) is 0.0233. The third-order valence-electron chi connectivity index (χ3n) is 8.58.